The van der Waals surface area contributed by atoms with Crippen molar-refractivity contribution in [3.63, 3.8) is 0 Å². The summed E-state index contributed by atoms with van der Waals surface area (Å²) >= 11 is 0. The van der Waals surface area contributed by atoms with E-state index >= 15 is 0 Å². The zero-order valence-electron chi connectivity index (χ0n) is 10.6. The molecule has 0 aliphatic carbocycles. The van der Waals surface area contributed by atoms with Gasteiger partial charge in [0, 0.05) is 31.7 Å². The Bertz CT molecular complexity index is 512. The molecule has 2 N–H and O–H groups in total. The number of benzene rings is 1. The zero-order valence-corrected chi connectivity index (χ0v) is 10.6. The number of H-pyrrole nitrogens is 1. The van der Waals surface area contributed by atoms with Crippen LogP contribution in [0.2, 0.25) is 0 Å². The van der Waals surface area contributed by atoms with Gasteiger partial charge in [-0.3, -0.25) is 5.10 Å². The van der Waals surface area contributed by atoms with Crippen LogP contribution in [0, 0.1) is 6.92 Å². The van der Waals surface area contributed by atoms with Crippen molar-refractivity contribution in [1.29, 1.82) is 0 Å². The SMILES string of the molecule is Cc1c(N2CCNCC2)n[nH]c1-c1ccccc1. The number of hydrogen-bond acceptors (Lipinski definition) is 3. The van der Waals surface area contributed by atoms with Gasteiger partial charge in [-0.25, -0.2) is 0 Å². The van der Waals surface area contributed by atoms with Crippen LogP contribution in [0.5, 0.6) is 0 Å². The van der Waals surface area contributed by atoms with Crippen molar-refractivity contribution in [3.05, 3.63) is 35.9 Å². The molecule has 4 heteroatoms. The fourth-order valence-electron chi connectivity index (χ4n) is 2.46. The molecule has 1 saturated heterocycles. The number of hydrogen-bond donors (Lipinski definition) is 2. The van der Waals surface area contributed by atoms with E-state index < -0.39 is 0 Å². The number of aromatic nitrogens is 2. The van der Waals surface area contributed by atoms with Gasteiger partial charge >= 0.3 is 0 Å². The first-order chi connectivity index (χ1) is 8.86. The number of aromatic amines is 1. The Balaban J connectivity index is 1.92. The number of rotatable bonds is 2. The van der Waals surface area contributed by atoms with Crippen LogP contribution in [-0.2, 0) is 0 Å². The summed E-state index contributed by atoms with van der Waals surface area (Å²) < 4.78 is 0. The average Bonchev–Trinajstić information content (AvgIpc) is 2.83. The van der Waals surface area contributed by atoms with Gasteiger partial charge in [0.15, 0.2) is 5.82 Å². The third-order valence-corrected chi connectivity index (χ3v) is 3.46. The first kappa shape index (κ1) is 11.3. The van der Waals surface area contributed by atoms with Crippen LogP contribution in [0.25, 0.3) is 11.3 Å². The predicted molar refractivity (Wildman–Crippen MR) is 73.8 cm³/mol. The molecule has 0 amide bonds. The maximum absolute atomic E-state index is 4.49. The Kier molecular flexibility index (Phi) is 3.02. The molecule has 0 unspecified atom stereocenters. The van der Waals surface area contributed by atoms with Crippen molar-refractivity contribution in [2.75, 3.05) is 31.1 Å². The summed E-state index contributed by atoms with van der Waals surface area (Å²) in [5, 5.41) is 11.0. The Morgan fingerprint density at radius 2 is 1.83 bits per heavy atom. The van der Waals surface area contributed by atoms with Crippen molar-refractivity contribution < 1.29 is 0 Å². The van der Waals surface area contributed by atoms with Crippen molar-refractivity contribution >= 4 is 5.82 Å². The molecule has 2 aromatic rings. The van der Waals surface area contributed by atoms with Gasteiger partial charge < -0.3 is 10.2 Å². The second-order valence-electron chi connectivity index (χ2n) is 4.65. The summed E-state index contributed by atoms with van der Waals surface area (Å²) in [5.41, 5.74) is 3.57. The van der Waals surface area contributed by atoms with Gasteiger partial charge in [-0.1, -0.05) is 30.3 Å². The molecule has 2 heterocycles. The predicted octanol–water partition coefficient (Wildman–Crippen LogP) is 1.79. The lowest BCUT2D eigenvalue weighted by Gasteiger charge is -2.27. The molecular weight excluding hydrogens is 224 g/mol. The minimum Gasteiger partial charge on any atom is -0.352 e. The van der Waals surface area contributed by atoms with Gasteiger partial charge in [0.2, 0.25) is 0 Å². The van der Waals surface area contributed by atoms with Crippen LogP contribution >= 0.6 is 0 Å². The maximum Gasteiger partial charge on any atom is 0.154 e. The normalized spacial score (nSPS) is 15.9. The molecule has 4 nitrogen and oxygen atoms in total. The molecule has 94 valence electrons. The number of nitrogens with one attached hydrogen (secondary N) is 2. The van der Waals surface area contributed by atoms with Crippen molar-refractivity contribution in [2.24, 2.45) is 0 Å². The summed E-state index contributed by atoms with van der Waals surface area (Å²) in [7, 11) is 0. The van der Waals surface area contributed by atoms with Gasteiger partial charge in [0.1, 0.15) is 0 Å². The number of piperazine rings is 1. The van der Waals surface area contributed by atoms with Gasteiger partial charge in [0.05, 0.1) is 5.69 Å². The van der Waals surface area contributed by atoms with E-state index in [2.05, 4.69) is 51.6 Å². The van der Waals surface area contributed by atoms with E-state index in [0.717, 1.165) is 37.7 Å². The van der Waals surface area contributed by atoms with E-state index in [1.807, 2.05) is 6.07 Å². The van der Waals surface area contributed by atoms with Crippen LogP contribution in [0.4, 0.5) is 5.82 Å². The highest BCUT2D eigenvalue weighted by molar-refractivity contribution is 5.68. The standard InChI is InChI=1S/C14H18N4/c1-11-13(12-5-3-2-4-6-12)16-17-14(11)18-9-7-15-8-10-18/h2-6,15H,7-10H2,1H3,(H,16,17). The molecule has 18 heavy (non-hydrogen) atoms. The summed E-state index contributed by atoms with van der Waals surface area (Å²) in [6.45, 7) is 6.27. The van der Waals surface area contributed by atoms with Crippen LogP contribution in [0.3, 0.4) is 0 Å². The van der Waals surface area contributed by atoms with E-state index in [0.29, 0.717) is 0 Å². The van der Waals surface area contributed by atoms with Gasteiger partial charge in [-0.2, -0.15) is 5.10 Å². The van der Waals surface area contributed by atoms with Crippen LogP contribution < -0.4 is 10.2 Å². The van der Waals surface area contributed by atoms with Crippen molar-refractivity contribution in [3.8, 4) is 11.3 Å². The number of anilines is 1. The van der Waals surface area contributed by atoms with E-state index in [4.69, 9.17) is 0 Å². The Labute approximate surface area is 107 Å². The molecular formula is C14H18N4. The minimum atomic E-state index is 1.03. The second-order valence-corrected chi connectivity index (χ2v) is 4.65. The third kappa shape index (κ3) is 1.99. The lowest BCUT2D eigenvalue weighted by atomic mass is 10.1. The third-order valence-electron chi connectivity index (χ3n) is 3.46. The monoisotopic (exact) mass is 242 g/mol. The van der Waals surface area contributed by atoms with Gasteiger partial charge in [0.25, 0.3) is 0 Å². The highest BCUT2D eigenvalue weighted by Gasteiger charge is 2.18. The summed E-state index contributed by atoms with van der Waals surface area (Å²) in [4.78, 5) is 2.34. The fraction of sp³-hybridized carbons (Fsp3) is 0.357. The highest BCUT2D eigenvalue weighted by Crippen LogP contribution is 2.27. The Morgan fingerprint density at radius 1 is 1.11 bits per heavy atom. The lowest BCUT2D eigenvalue weighted by molar-refractivity contribution is 0.584. The molecule has 0 bridgehead atoms. The molecule has 1 aliphatic heterocycles. The smallest absolute Gasteiger partial charge is 0.154 e. The topological polar surface area (TPSA) is 44.0 Å². The Morgan fingerprint density at radius 3 is 2.56 bits per heavy atom. The fourth-order valence-corrected chi connectivity index (χ4v) is 2.46. The van der Waals surface area contributed by atoms with Gasteiger partial charge in [-0.15, -0.1) is 0 Å². The largest absolute Gasteiger partial charge is 0.352 e. The summed E-state index contributed by atoms with van der Waals surface area (Å²) in [5.74, 6) is 1.09. The molecule has 1 aliphatic rings. The van der Waals surface area contributed by atoms with E-state index in [1.165, 1.54) is 11.1 Å². The average molecular weight is 242 g/mol. The molecule has 1 fully saturated rings. The highest BCUT2D eigenvalue weighted by atomic mass is 15.3. The van der Waals surface area contributed by atoms with E-state index in [1.54, 1.807) is 0 Å². The van der Waals surface area contributed by atoms with Gasteiger partial charge in [-0.05, 0) is 12.5 Å². The van der Waals surface area contributed by atoms with Crippen molar-refractivity contribution in [2.45, 2.75) is 6.92 Å². The molecule has 3 rings (SSSR count). The Hall–Kier alpha value is -1.81. The van der Waals surface area contributed by atoms with Crippen LogP contribution in [-0.4, -0.2) is 36.4 Å². The lowest BCUT2D eigenvalue weighted by Crippen LogP contribution is -2.43. The zero-order chi connectivity index (χ0) is 12.4. The quantitative estimate of drug-likeness (QED) is 0.844. The molecule has 0 saturated carbocycles. The second kappa shape index (κ2) is 4.82. The molecule has 0 radical (unpaired) electrons. The van der Waals surface area contributed by atoms with Crippen molar-refractivity contribution in [1.82, 2.24) is 15.5 Å². The van der Waals surface area contributed by atoms with E-state index in [9.17, 15) is 0 Å². The molecule has 1 aromatic heterocycles. The first-order valence-corrected chi connectivity index (χ1v) is 6.42. The maximum atomic E-state index is 4.49. The molecule has 0 spiro atoms. The molecule has 0 atom stereocenters. The summed E-state index contributed by atoms with van der Waals surface area (Å²) in [6.07, 6.45) is 0. The van der Waals surface area contributed by atoms with Crippen LogP contribution in [0.15, 0.2) is 30.3 Å². The minimum absolute atomic E-state index is 1.03. The first-order valence-electron chi connectivity index (χ1n) is 6.42. The summed E-state index contributed by atoms with van der Waals surface area (Å²) in [6, 6.07) is 10.4. The van der Waals surface area contributed by atoms with Crippen LogP contribution in [0.1, 0.15) is 5.56 Å². The molecule has 1 aromatic carbocycles. The number of nitrogens with zero attached hydrogens (tertiary/aromatic N) is 2. The van der Waals surface area contributed by atoms with E-state index in [-0.39, 0.29) is 0 Å².